The van der Waals surface area contributed by atoms with Crippen molar-refractivity contribution in [1.29, 1.82) is 0 Å². The van der Waals surface area contributed by atoms with Crippen LogP contribution in [0.15, 0.2) is 52.0 Å². The first kappa shape index (κ1) is 19.2. The zero-order valence-corrected chi connectivity index (χ0v) is 16.3. The molecule has 0 aliphatic heterocycles. The SMILES string of the molecule is Cc1cc(OCC(=O)N/N=C/C(Br)=C/c2ccccc2)cc(C)c1Cl. The van der Waals surface area contributed by atoms with Crippen molar-refractivity contribution in [2.45, 2.75) is 13.8 Å². The molecule has 0 saturated heterocycles. The smallest absolute Gasteiger partial charge is 0.277 e. The molecule has 0 aliphatic rings. The number of nitrogens with one attached hydrogen (secondary N) is 1. The monoisotopic (exact) mass is 420 g/mol. The molecule has 4 nitrogen and oxygen atoms in total. The standard InChI is InChI=1S/C19H18BrClN2O2/c1-13-8-17(9-14(2)19(13)21)25-12-18(24)23-22-11-16(20)10-15-6-4-3-5-7-15/h3-11H,12H2,1-2H3,(H,23,24)/b16-10-,22-11+. The van der Waals surface area contributed by atoms with Gasteiger partial charge >= 0.3 is 0 Å². The lowest BCUT2D eigenvalue weighted by Crippen LogP contribution is -2.24. The summed E-state index contributed by atoms with van der Waals surface area (Å²) in [4.78, 5) is 11.8. The van der Waals surface area contributed by atoms with Crippen LogP contribution in [0.2, 0.25) is 5.02 Å². The third-order valence-corrected chi connectivity index (χ3v) is 4.29. The fourth-order valence-corrected chi connectivity index (χ4v) is 2.56. The third kappa shape index (κ3) is 6.36. The molecule has 1 amide bonds. The van der Waals surface area contributed by atoms with Gasteiger partial charge in [-0.05, 0) is 64.7 Å². The van der Waals surface area contributed by atoms with E-state index in [9.17, 15) is 4.79 Å². The Kier molecular flexibility index (Phi) is 7.22. The maximum absolute atomic E-state index is 11.8. The first-order valence-electron chi connectivity index (χ1n) is 7.59. The van der Waals surface area contributed by atoms with Crippen molar-refractivity contribution in [3.05, 3.63) is 68.7 Å². The highest BCUT2D eigenvalue weighted by molar-refractivity contribution is 9.12. The van der Waals surface area contributed by atoms with Crippen molar-refractivity contribution < 1.29 is 9.53 Å². The molecule has 1 N–H and O–H groups in total. The van der Waals surface area contributed by atoms with E-state index >= 15 is 0 Å². The molecule has 25 heavy (non-hydrogen) atoms. The van der Waals surface area contributed by atoms with E-state index in [0.717, 1.165) is 21.2 Å². The molecule has 0 bridgehead atoms. The van der Waals surface area contributed by atoms with Crippen LogP contribution in [-0.2, 0) is 4.79 Å². The third-order valence-electron chi connectivity index (χ3n) is 3.26. The minimum absolute atomic E-state index is 0.127. The fraction of sp³-hybridized carbons (Fsp3) is 0.158. The molecule has 0 radical (unpaired) electrons. The fourth-order valence-electron chi connectivity index (χ4n) is 2.08. The molecule has 2 rings (SSSR count). The van der Waals surface area contributed by atoms with Gasteiger partial charge in [-0.15, -0.1) is 0 Å². The zero-order valence-electron chi connectivity index (χ0n) is 13.9. The Morgan fingerprint density at radius 2 is 1.88 bits per heavy atom. The van der Waals surface area contributed by atoms with Crippen LogP contribution in [0.1, 0.15) is 16.7 Å². The van der Waals surface area contributed by atoms with E-state index in [1.807, 2.05) is 50.3 Å². The molecule has 0 saturated carbocycles. The second-order valence-corrected chi connectivity index (χ2v) is 6.69. The zero-order chi connectivity index (χ0) is 18.2. The topological polar surface area (TPSA) is 50.7 Å². The van der Waals surface area contributed by atoms with Crippen molar-refractivity contribution in [2.75, 3.05) is 6.61 Å². The van der Waals surface area contributed by atoms with Crippen LogP contribution in [0.25, 0.3) is 6.08 Å². The Labute approximate surface area is 160 Å². The van der Waals surface area contributed by atoms with Crippen molar-refractivity contribution in [2.24, 2.45) is 5.10 Å². The number of hydrogen-bond acceptors (Lipinski definition) is 3. The highest BCUT2D eigenvalue weighted by Crippen LogP contribution is 2.25. The molecule has 0 fully saturated rings. The van der Waals surface area contributed by atoms with Gasteiger partial charge in [0.2, 0.25) is 0 Å². The molecule has 2 aromatic carbocycles. The van der Waals surface area contributed by atoms with Crippen LogP contribution in [0.4, 0.5) is 0 Å². The maximum Gasteiger partial charge on any atom is 0.277 e. The van der Waals surface area contributed by atoms with Crippen molar-refractivity contribution in [3.8, 4) is 5.75 Å². The number of nitrogens with zero attached hydrogens (tertiary/aromatic N) is 1. The van der Waals surface area contributed by atoms with Gasteiger partial charge in [-0.3, -0.25) is 4.79 Å². The van der Waals surface area contributed by atoms with E-state index in [-0.39, 0.29) is 12.5 Å². The lowest BCUT2D eigenvalue weighted by molar-refractivity contribution is -0.123. The number of hydrazone groups is 1. The predicted octanol–water partition coefficient (Wildman–Crippen LogP) is 4.87. The quantitative estimate of drug-likeness (QED) is 0.534. The van der Waals surface area contributed by atoms with Gasteiger partial charge in [0.1, 0.15) is 5.75 Å². The largest absolute Gasteiger partial charge is 0.484 e. The van der Waals surface area contributed by atoms with Crippen molar-refractivity contribution in [1.82, 2.24) is 5.43 Å². The molecule has 0 spiro atoms. The first-order valence-corrected chi connectivity index (χ1v) is 8.76. The second kappa shape index (κ2) is 9.39. The van der Waals surface area contributed by atoms with Gasteiger partial charge in [0.15, 0.2) is 6.61 Å². The lowest BCUT2D eigenvalue weighted by Gasteiger charge is -2.09. The summed E-state index contributed by atoms with van der Waals surface area (Å²) in [5.74, 6) is 0.255. The molecule has 6 heteroatoms. The van der Waals surface area contributed by atoms with Gasteiger partial charge in [-0.1, -0.05) is 41.9 Å². The van der Waals surface area contributed by atoms with E-state index in [4.69, 9.17) is 16.3 Å². The summed E-state index contributed by atoms with van der Waals surface area (Å²) in [7, 11) is 0. The molecule has 2 aromatic rings. The van der Waals surface area contributed by atoms with Crippen LogP contribution in [-0.4, -0.2) is 18.7 Å². The summed E-state index contributed by atoms with van der Waals surface area (Å²) in [6, 6.07) is 13.4. The minimum Gasteiger partial charge on any atom is -0.484 e. The molecular formula is C19H18BrClN2O2. The van der Waals surface area contributed by atoms with Gasteiger partial charge < -0.3 is 4.74 Å². The Hall–Kier alpha value is -2.11. The normalized spacial score (nSPS) is 11.6. The number of halogens is 2. The van der Waals surface area contributed by atoms with Gasteiger partial charge in [0.05, 0.1) is 6.21 Å². The maximum atomic E-state index is 11.8. The van der Waals surface area contributed by atoms with Gasteiger partial charge in [-0.25, -0.2) is 5.43 Å². The minimum atomic E-state index is -0.346. The summed E-state index contributed by atoms with van der Waals surface area (Å²) < 4.78 is 6.21. The lowest BCUT2D eigenvalue weighted by atomic mass is 10.1. The summed E-state index contributed by atoms with van der Waals surface area (Å²) in [6.45, 7) is 3.66. The average Bonchev–Trinajstić information content (AvgIpc) is 2.58. The molecule has 130 valence electrons. The summed E-state index contributed by atoms with van der Waals surface area (Å²) in [5, 5.41) is 4.59. The molecule has 0 unspecified atom stereocenters. The Morgan fingerprint density at radius 3 is 2.52 bits per heavy atom. The average molecular weight is 422 g/mol. The number of amides is 1. The molecule has 0 aliphatic carbocycles. The number of allylic oxidation sites excluding steroid dienone is 1. The van der Waals surface area contributed by atoms with E-state index < -0.39 is 0 Å². The van der Waals surface area contributed by atoms with E-state index in [2.05, 4.69) is 26.5 Å². The predicted molar refractivity (Wildman–Crippen MR) is 106 cm³/mol. The van der Waals surface area contributed by atoms with E-state index in [1.165, 1.54) is 6.21 Å². The van der Waals surface area contributed by atoms with Gasteiger partial charge in [0, 0.05) is 9.51 Å². The first-order chi connectivity index (χ1) is 12.0. The highest BCUT2D eigenvalue weighted by atomic mass is 79.9. The van der Waals surface area contributed by atoms with Crippen LogP contribution >= 0.6 is 27.5 Å². The van der Waals surface area contributed by atoms with Crippen LogP contribution in [0, 0.1) is 13.8 Å². The number of carbonyl (C=O) groups is 1. The number of aryl methyl sites for hydroxylation is 2. The molecule has 0 aromatic heterocycles. The van der Waals surface area contributed by atoms with Crippen molar-refractivity contribution in [3.63, 3.8) is 0 Å². The highest BCUT2D eigenvalue weighted by Gasteiger charge is 2.06. The number of ether oxygens (including phenoxy) is 1. The van der Waals surface area contributed by atoms with Gasteiger partial charge in [0.25, 0.3) is 5.91 Å². The number of benzene rings is 2. The van der Waals surface area contributed by atoms with E-state index in [0.29, 0.717) is 10.8 Å². The van der Waals surface area contributed by atoms with Crippen LogP contribution in [0.5, 0.6) is 5.75 Å². The van der Waals surface area contributed by atoms with Gasteiger partial charge in [-0.2, -0.15) is 5.10 Å². The van der Waals surface area contributed by atoms with E-state index in [1.54, 1.807) is 12.1 Å². The van der Waals surface area contributed by atoms with Crippen molar-refractivity contribution >= 4 is 45.7 Å². The summed E-state index contributed by atoms with van der Waals surface area (Å²) in [5.41, 5.74) is 5.27. The Bertz CT molecular complexity index is 781. The van der Waals surface area contributed by atoms with Crippen LogP contribution in [0.3, 0.4) is 0 Å². The number of hydrogen-bond donors (Lipinski definition) is 1. The second-order valence-electron chi connectivity index (χ2n) is 5.39. The molecule has 0 atom stereocenters. The summed E-state index contributed by atoms with van der Waals surface area (Å²) >= 11 is 9.48. The summed E-state index contributed by atoms with van der Waals surface area (Å²) in [6.07, 6.45) is 3.41. The Morgan fingerprint density at radius 1 is 1.24 bits per heavy atom. The van der Waals surface area contributed by atoms with Crippen LogP contribution < -0.4 is 10.2 Å². The number of rotatable bonds is 6. The number of carbonyl (C=O) groups excluding carboxylic acids is 1. The Balaban J connectivity index is 1.83. The molecular weight excluding hydrogens is 404 g/mol. The molecule has 0 heterocycles.